The first kappa shape index (κ1) is 13.2. The number of hydrogen-bond acceptors (Lipinski definition) is 1. The summed E-state index contributed by atoms with van der Waals surface area (Å²) in [7, 11) is 0. The van der Waals surface area contributed by atoms with Crippen LogP contribution in [0.4, 0.5) is 0 Å². The monoisotopic (exact) mass is 244 g/mol. The van der Waals surface area contributed by atoms with Crippen LogP contribution in [0.2, 0.25) is 0 Å². The van der Waals surface area contributed by atoms with Crippen molar-refractivity contribution in [3.05, 3.63) is 36.0 Å². The summed E-state index contributed by atoms with van der Waals surface area (Å²) in [5.74, 6) is 0. The second kappa shape index (κ2) is 6.60. The summed E-state index contributed by atoms with van der Waals surface area (Å²) in [6, 6.07) is 9.05. The molecule has 0 aliphatic rings. The van der Waals surface area contributed by atoms with Crippen LogP contribution in [0.15, 0.2) is 30.5 Å². The zero-order valence-electron chi connectivity index (χ0n) is 11.5. The molecule has 98 valence electrons. The Morgan fingerprint density at radius 2 is 2.00 bits per heavy atom. The number of aromatic nitrogens is 1. The summed E-state index contributed by atoms with van der Waals surface area (Å²) >= 11 is 0. The molecule has 1 heterocycles. The summed E-state index contributed by atoms with van der Waals surface area (Å²) in [5.41, 5.74) is 2.66. The maximum atomic E-state index is 3.62. The van der Waals surface area contributed by atoms with E-state index in [2.05, 4.69) is 54.6 Å². The molecule has 18 heavy (non-hydrogen) atoms. The Morgan fingerprint density at radius 3 is 2.78 bits per heavy atom. The maximum Gasteiger partial charge on any atom is 0.0457 e. The van der Waals surface area contributed by atoms with Gasteiger partial charge in [-0.05, 0) is 24.6 Å². The average Bonchev–Trinajstić information content (AvgIpc) is 2.82. The Hall–Kier alpha value is -1.28. The van der Waals surface area contributed by atoms with Crippen LogP contribution in [0.25, 0.3) is 10.9 Å². The average molecular weight is 244 g/mol. The summed E-state index contributed by atoms with van der Waals surface area (Å²) in [4.78, 5) is 3.38. The zero-order chi connectivity index (χ0) is 12.8. The molecule has 0 saturated carbocycles. The van der Waals surface area contributed by atoms with E-state index in [0.29, 0.717) is 6.04 Å². The van der Waals surface area contributed by atoms with Crippen molar-refractivity contribution < 1.29 is 0 Å². The number of unbranched alkanes of at least 4 members (excludes halogenated alkanes) is 2. The number of rotatable bonds is 7. The first-order valence-corrected chi connectivity index (χ1v) is 7.16. The highest BCUT2D eigenvalue weighted by atomic mass is 14.9. The van der Waals surface area contributed by atoms with E-state index in [4.69, 9.17) is 0 Å². The van der Waals surface area contributed by atoms with Gasteiger partial charge in [-0.15, -0.1) is 0 Å². The molecule has 2 heteroatoms. The van der Waals surface area contributed by atoms with E-state index in [1.165, 1.54) is 42.1 Å². The Kier molecular flexibility index (Phi) is 4.82. The van der Waals surface area contributed by atoms with Crippen molar-refractivity contribution in [1.82, 2.24) is 10.3 Å². The third kappa shape index (κ3) is 2.94. The summed E-state index contributed by atoms with van der Waals surface area (Å²) in [5, 5.41) is 4.98. The molecular weight excluding hydrogens is 220 g/mol. The van der Waals surface area contributed by atoms with E-state index in [1.54, 1.807) is 0 Å². The van der Waals surface area contributed by atoms with Gasteiger partial charge in [0.2, 0.25) is 0 Å². The molecular formula is C16H24N2. The minimum atomic E-state index is 0.484. The fraction of sp³-hybridized carbons (Fsp3) is 0.500. The molecule has 0 amide bonds. The van der Waals surface area contributed by atoms with E-state index in [9.17, 15) is 0 Å². The molecule has 2 N–H and O–H groups in total. The first-order valence-electron chi connectivity index (χ1n) is 7.16. The highest BCUT2D eigenvalue weighted by Gasteiger charge is 2.13. The minimum absolute atomic E-state index is 0.484. The van der Waals surface area contributed by atoms with Crippen LogP contribution in [0.5, 0.6) is 0 Å². The predicted molar refractivity (Wildman–Crippen MR) is 78.9 cm³/mol. The number of fused-ring (bicyclic) bond motifs is 1. The van der Waals surface area contributed by atoms with Crippen molar-refractivity contribution >= 4 is 10.9 Å². The molecule has 1 atom stereocenters. The molecule has 0 saturated heterocycles. The number of hydrogen-bond donors (Lipinski definition) is 2. The predicted octanol–water partition coefficient (Wildman–Crippen LogP) is 4.40. The van der Waals surface area contributed by atoms with Crippen LogP contribution in [-0.4, -0.2) is 11.5 Å². The minimum Gasteiger partial charge on any atom is -0.361 e. The molecule has 1 aromatic heterocycles. The van der Waals surface area contributed by atoms with E-state index >= 15 is 0 Å². The van der Waals surface area contributed by atoms with Gasteiger partial charge in [-0.2, -0.15) is 0 Å². The Morgan fingerprint density at radius 1 is 1.17 bits per heavy atom. The third-order valence-electron chi connectivity index (χ3n) is 3.54. The fourth-order valence-corrected chi connectivity index (χ4v) is 2.59. The molecule has 0 spiro atoms. The van der Waals surface area contributed by atoms with Gasteiger partial charge in [0.05, 0.1) is 0 Å². The maximum absolute atomic E-state index is 3.62. The van der Waals surface area contributed by atoms with Crippen LogP contribution in [-0.2, 0) is 0 Å². The smallest absolute Gasteiger partial charge is 0.0457 e. The number of H-pyrrole nitrogens is 1. The van der Waals surface area contributed by atoms with Crippen molar-refractivity contribution in [2.75, 3.05) is 6.54 Å². The lowest BCUT2D eigenvalue weighted by Gasteiger charge is -2.17. The Bertz CT molecular complexity index is 473. The van der Waals surface area contributed by atoms with Gasteiger partial charge in [0.25, 0.3) is 0 Å². The Balaban J connectivity index is 2.18. The van der Waals surface area contributed by atoms with Crippen molar-refractivity contribution in [1.29, 1.82) is 0 Å². The lowest BCUT2D eigenvalue weighted by Crippen LogP contribution is -2.20. The lowest BCUT2D eigenvalue weighted by molar-refractivity contribution is 0.489. The molecule has 0 aliphatic heterocycles. The van der Waals surface area contributed by atoms with Crippen molar-refractivity contribution in [2.24, 2.45) is 0 Å². The largest absolute Gasteiger partial charge is 0.361 e. The van der Waals surface area contributed by atoms with Gasteiger partial charge < -0.3 is 10.3 Å². The number of nitrogens with one attached hydrogen (secondary N) is 2. The van der Waals surface area contributed by atoms with Crippen molar-refractivity contribution in [3.8, 4) is 0 Å². The SMILES string of the molecule is CCCCCC(NCC)c1c[nH]c2ccccc12. The Labute approximate surface area is 110 Å². The van der Waals surface area contributed by atoms with Crippen molar-refractivity contribution in [3.63, 3.8) is 0 Å². The molecule has 2 nitrogen and oxygen atoms in total. The summed E-state index contributed by atoms with van der Waals surface area (Å²) < 4.78 is 0. The molecule has 2 aromatic rings. The second-order valence-electron chi connectivity index (χ2n) is 4.90. The molecule has 0 aliphatic carbocycles. The summed E-state index contributed by atoms with van der Waals surface area (Å²) in [6.45, 7) is 5.46. The topological polar surface area (TPSA) is 27.8 Å². The van der Waals surface area contributed by atoms with Crippen LogP contribution >= 0.6 is 0 Å². The van der Waals surface area contributed by atoms with Gasteiger partial charge in [-0.3, -0.25) is 0 Å². The number of para-hydroxylation sites is 1. The van der Waals surface area contributed by atoms with Gasteiger partial charge in [0, 0.05) is 23.1 Å². The molecule has 0 fully saturated rings. The highest BCUT2D eigenvalue weighted by molar-refractivity contribution is 5.83. The van der Waals surface area contributed by atoms with Crippen molar-refractivity contribution in [2.45, 2.75) is 45.6 Å². The standard InChI is InChI=1S/C16H24N2/c1-3-5-6-10-16(17-4-2)14-12-18-15-11-8-7-9-13(14)15/h7-9,11-12,16-18H,3-6,10H2,1-2H3. The van der Waals surface area contributed by atoms with Crippen LogP contribution < -0.4 is 5.32 Å². The number of aromatic amines is 1. The van der Waals surface area contributed by atoms with Gasteiger partial charge in [0.1, 0.15) is 0 Å². The van der Waals surface area contributed by atoms with E-state index in [1.807, 2.05) is 0 Å². The van der Waals surface area contributed by atoms with Gasteiger partial charge in [-0.1, -0.05) is 51.3 Å². The second-order valence-corrected chi connectivity index (χ2v) is 4.90. The van der Waals surface area contributed by atoms with E-state index in [-0.39, 0.29) is 0 Å². The highest BCUT2D eigenvalue weighted by Crippen LogP contribution is 2.27. The van der Waals surface area contributed by atoms with E-state index < -0.39 is 0 Å². The quantitative estimate of drug-likeness (QED) is 0.694. The molecule has 0 radical (unpaired) electrons. The fourth-order valence-electron chi connectivity index (χ4n) is 2.59. The van der Waals surface area contributed by atoms with Crippen LogP contribution in [0.3, 0.4) is 0 Å². The van der Waals surface area contributed by atoms with Crippen LogP contribution in [0, 0.1) is 0 Å². The third-order valence-corrected chi connectivity index (χ3v) is 3.54. The van der Waals surface area contributed by atoms with Gasteiger partial charge in [0.15, 0.2) is 0 Å². The lowest BCUT2D eigenvalue weighted by atomic mass is 10.00. The zero-order valence-corrected chi connectivity index (χ0v) is 11.5. The molecule has 1 unspecified atom stereocenters. The normalized spacial score (nSPS) is 13.0. The first-order chi connectivity index (χ1) is 8.86. The van der Waals surface area contributed by atoms with Gasteiger partial charge >= 0.3 is 0 Å². The molecule has 2 rings (SSSR count). The molecule has 1 aromatic carbocycles. The summed E-state index contributed by atoms with van der Waals surface area (Å²) in [6.07, 6.45) is 7.30. The number of benzene rings is 1. The van der Waals surface area contributed by atoms with E-state index in [0.717, 1.165) is 6.54 Å². The molecule has 0 bridgehead atoms. The van der Waals surface area contributed by atoms with Crippen LogP contribution in [0.1, 0.15) is 51.1 Å². The van der Waals surface area contributed by atoms with Gasteiger partial charge in [-0.25, -0.2) is 0 Å².